The first kappa shape index (κ1) is 62.4. The van der Waals surface area contributed by atoms with Gasteiger partial charge in [-0.05, 0) is 109 Å². The third-order valence-electron chi connectivity index (χ3n) is 12.3. The standard InChI is InChI=1S/C56H99NO10/c1-3-5-7-9-11-13-14-15-16-17-18-19-20-24-28-32-36-40-44-52(61)65-45-41-37-33-29-25-22-21-23-27-31-35-39-43-51(60)57-48(49(59)42-38-34-30-26-12-10-8-6-4-2)47-66-56-55(64)54(63)53(62)50(46-58)67-56/h12-14,16-17,22,25-26,38,42,48-50,53-56,58-59,62-64H,3-11,15,18-21,23-24,27-37,39-41,43-47H2,1-2H3,(H,57,60)/b14-13-,17-16-,25-22-,26-12+,42-38+. The number of hydrogen-bond donors (Lipinski definition) is 6. The second kappa shape index (κ2) is 45.8. The Balaban J connectivity index is 2.12. The smallest absolute Gasteiger partial charge is 0.305 e. The molecule has 6 N–H and O–H groups in total. The van der Waals surface area contributed by atoms with E-state index in [9.17, 15) is 35.1 Å². The minimum Gasteiger partial charge on any atom is -0.466 e. The lowest BCUT2D eigenvalue weighted by Crippen LogP contribution is -2.60. The number of esters is 1. The maximum absolute atomic E-state index is 12.9. The van der Waals surface area contributed by atoms with Gasteiger partial charge in [-0.15, -0.1) is 0 Å². The van der Waals surface area contributed by atoms with E-state index in [0.29, 0.717) is 25.9 Å². The van der Waals surface area contributed by atoms with E-state index in [2.05, 4.69) is 67.8 Å². The number of ether oxygens (including phenoxy) is 3. The zero-order chi connectivity index (χ0) is 48.8. The van der Waals surface area contributed by atoms with Gasteiger partial charge in [0.05, 0.1) is 32.0 Å². The Kier molecular flexibility index (Phi) is 42.6. The Morgan fingerprint density at radius 1 is 0.552 bits per heavy atom. The largest absolute Gasteiger partial charge is 0.466 e. The fourth-order valence-electron chi connectivity index (χ4n) is 7.94. The molecule has 0 spiro atoms. The zero-order valence-electron chi connectivity index (χ0n) is 42.3. The molecule has 0 aromatic rings. The van der Waals surface area contributed by atoms with E-state index >= 15 is 0 Å². The molecule has 1 amide bonds. The maximum atomic E-state index is 12.9. The summed E-state index contributed by atoms with van der Waals surface area (Å²) >= 11 is 0. The third-order valence-corrected chi connectivity index (χ3v) is 12.3. The molecule has 1 aliphatic rings. The number of amides is 1. The van der Waals surface area contributed by atoms with Crippen molar-refractivity contribution in [2.24, 2.45) is 0 Å². The van der Waals surface area contributed by atoms with Crippen LogP contribution < -0.4 is 5.32 Å². The second-order valence-corrected chi connectivity index (χ2v) is 18.6. The van der Waals surface area contributed by atoms with Crippen LogP contribution in [-0.4, -0.2) is 100 Å². The fourth-order valence-corrected chi connectivity index (χ4v) is 7.94. The highest BCUT2D eigenvalue weighted by atomic mass is 16.7. The molecule has 0 saturated carbocycles. The molecule has 67 heavy (non-hydrogen) atoms. The third kappa shape index (κ3) is 36.0. The number of aliphatic hydroxyl groups excluding tert-OH is 5. The van der Waals surface area contributed by atoms with Crippen LogP contribution in [0.25, 0.3) is 0 Å². The molecule has 1 saturated heterocycles. The summed E-state index contributed by atoms with van der Waals surface area (Å²) in [6, 6.07) is -0.846. The summed E-state index contributed by atoms with van der Waals surface area (Å²) in [7, 11) is 0. The van der Waals surface area contributed by atoms with E-state index in [1.54, 1.807) is 6.08 Å². The SMILES string of the molecule is CCCCC/C=C/CC/C=C/C(O)C(COC1OC(CO)C(O)C(O)C1O)NC(=O)CCCCCCC/C=C\CCCCCOC(=O)CCCCCCCCC/C=C\C/C=C\CCCCCC. The summed E-state index contributed by atoms with van der Waals surface area (Å²) in [5.74, 6) is -0.280. The first-order valence-corrected chi connectivity index (χ1v) is 27.1. The molecule has 7 unspecified atom stereocenters. The molecule has 388 valence electrons. The van der Waals surface area contributed by atoms with Crippen molar-refractivity contribution in [2.75, 3.05) is 19.8 Å². The quantitative estimate of drug-likeness (QED) is 0.0196. The maximum Gasteiger partial charge on any atom is 0.305 e. The number of allylic oxidation sites excluding steroid dienone is 9. The molecule has 7 atom stereocenters. The average molecular weight is 946 g/mol. The molecule has 0 aromatic carbocycles. The summed E-state index contributed by atoms with van der Waals surface area (Å²) in [4.78, 5) is 25.0. The van der Waals surface area contributed by atoms with Gasteiger partial charge in [-0.25, -0.2) is 0 Å². The van der Waals surface area contributed by atoms with Gasteiger partial charge >= 0.3 is 5.97 Å². The minimum atomic E-state index is -1.59. The number of unbranched alkanes of at least 4 members (excludes halogenated alkanes) is 23. The summed E-state index contributed by atoms with van der Waals surface area (Å²) < 4.78 is 16.6. The van der Waals surface area contributed by atoms with E-state index in [-0.39, 0.29) is 18.5 Å². The second-order valence-electron chi connectivity index (χ2n) is 18.6. The van der Waals surface area contributed by atoms with Gasteiger partial charge in [-0.2, -0.15) is 0 Å². The van der Waals surface area contributed by atoms with E-state index in [1.165, 1.54) is 89.9 Å². The molecular weight excluding hydrogens is 847 g/mol. The van der Waals surface area contributed by atoms with E-state index in [0.717, 1.165) is 96.3 Å². The highest BCUT2D eigenvalue weighted by Crippen LogP contribution is 2.22. The molecule has 1 fully saturated rings. The zero-order valence-corrected chi connectivity index (χ0v) is 42.3. The van der Waals surface area contributed by atoms with Gasteiger partial charge in [0, 0.05) is 12.8 Å². The lowest BCUT2D eigenvalue weighted by atomic mass is 9.99. The van der Waals surface area contributed by atoms with Crippen LogP contribution in [0.2, 0.25) is 0 Å². The van der Waals surface area contributed by atoms with Crippen LogP contribution in [0.15, 0.2) is 60.8 Å². The Hall–Kier alpha value is -2.64. The Morgan fingerprint density at radius 2 is 1.01 bits per heavy atom. The molecular formula is C56H99NO10. The van der Waals surface area contributed by atoms with Crippen molar-refractivity contribution < 1.29 is 49.3 Å². The molecule has 0 aliphatic carbocycles. The normalized spacial score (nSPS) is 20.0. The molecule has 1 heterocycles. The van der Waals surface area contributed by atoms with Crippen LogP contribution >= 0.6 is 0 Å². The van der Waals surface area contributed by atoms with Gasteiger partial charge < -0.3 is 45.1 Å². The van der Waals surface area contributed by atoms with Gasteiger partial charge in [0.25, 0.3) is 0 Å². The highest BCUT2D eigenvalue weighted by Gasteiger charge is 2.44. The first-order valence-electron chi connectivity index (χ1n) is 27.1. The highest BCUT2D eigenvalue weighted by molar-refractivity contribution is 5.76. The number of carbonyl (C=O) groups excluding carboxylic acids is 2. The minimum absolute atomic E-state index is 0.0567. The molecule has 1 rings (SSSR count). The van der Waals surface area contributed by atoms with Crippen LogP contribution in [0, 0.1) is 0 Å². The molecule has 11 heteroatoms. The molecule has 0 radical (unpaired) electrons. The predicted molar refractivity (Wildman–Crippen MR) is 273 cm³/mol. The van der Waals surface area contributed by atoms with Gasteiger partial charge in [-0.3, -0.25) is 9.59 Å². The van der Waals surface area contributed by atoms with Crippen molar-refractivity contribution in [1.29, 1.82) is 0 Å². The number of aliphatic hydroxyl groups is 5. The van der Waals surface area contributed by atoms with Gasteiger partial charge in [0.1, 0.15) is 24.4 Å². The van der Waals surface area contributed by atoms with E-state index in [1.807, 2.05) is 6.08 Å². The number of rotatable bonds is 45. The lowest BCUT2D eigenvalue weighted by Gasteiger charge is -2.40. The average Bonchev–Trinajstić information content (AvgIpc) is 3.32. The lowest BCUT2D eigenvalue weighted by molar-refractivity contribution is -0.302. The number of carbonyl (C=O) groups is 2. The number of nitrogens with one attached hydrogen (secondary N) is 1. The van der Waals surface area contributed by atoms with Crippen LogP contribution in [0.4, 0.5) is 0 Å². The summed E-state index contributed by atoms with van der Waals surface area (Å²) in [6.07, 6.45) is 47.5. The van der Waals surface area contributed by atoms with Gasteiger partial charge in [-0.1, -0.05) is 158 Å². The van der Waals surface area contributed by atoms with Crippen LogP contribution in [0.1, 0.15) is 219 Å². The van der Waals surface area contributed by atoms with Crippen molar-refractivity contribution in [3.63, 3.8) is 0 Å². The van der Waals surface area contributed by atoms with Crippen molar-refractivity contribution in [3.05, 3.63) is 60.8 Å². The molecule has 0 aromatic heterocycles. The van der Waals surface area contributed by atoms with Crippen LogP contribution in [0.3, 0.4) is 0 Å². The van der Waals surface area contributed by atoms with Crippen molar-refractivity contribution >= 4 is 11.9 Å². The van der Waals surface area contributed by atoms with Crippen LogP contribution in [0.5, 0.6) is 0 Å². The predicted octanol–water partition coefficient (Wildman–Crippen LogP) is 11.5. The Bertz CT molecular complexity index is 1300. The Labute approximate surface area is 408 Å². The molecule has 1 aliphatic heterocycles. The van der Waals surface area contributed by atoms with Gasteiger partial charge in [0.2, 0.25) is 5.91 Å². The number of hydrogen-bond acceptors (Lipinski definition) is 10. The summed E-state index contributed by atoms with van der Waals surface area (Å²) in [5.41, 5.74) is 0. The fraction of sp³-hybridized carbons (Fsp3) is 0.786. The summed E-state index contributed by atoms with van der Waals surface area (Å²) in [5, 5.41) is 54.0. The van der Waals surface area contributed by atoms with Crippen molar-refractivity contribution in [2.45, 2.75) is 262 Å². The first-order chi connectivity index (χ1) is 32.7. The Morgan fingerprint density at radius 3 is 1.60 bits per heavy atom. The van der Waals surface area contributed by atoms with Crippen molar-refractivity contribution in [3.8, 4) is 0 Å². The van der Waals surface area contributed by atoms with Crippen molar-refractivity contribution in [1.82, 2.24) is 5.32 Å². The summed E-state index contributed by atoms with van der Waals surface area (Å²) in [6.45, 7) is 4.15. The van der Waals surface area contributed by atoms with Crippen LogP contribution in [-0.2, 0) is 23.8 Å². The molecule has 11 nitrogen and oxygen atoms in total. The monoisotopic (exact) mass is 946 g/mol. The molecule has 0 bridgehead atoms. The van der Waals surface area contributed by atoms with E-state index < -0.39 is 49.5 Å². The van der Waals surface area contributed by atoms with E-state index in [4.69, 9.17) is 14.2 Å². The topological polar surface area (TPSA) is 175 Å². The van der Waals surface area contributed by atoms with Gasteiger partial charge in [0.15, 0.2) is 6.29 Å².